The number of methoxy groups -OCH3 is 1. The zero-order valence-corrected chi connectivity index (χ0v) is 11.1. The first-order valence-corrected chi connectivity index (χ1v) is 5.33. The number of ether oxygens (including phenoxy) is 1. The average Bonchev–Trinajstić information content (AvgIpc) is 2.48. The molecule has 0 amide bonds. The minimum Gasteiger partial charge on any atom is -0.746 e. The zero-order chi connectivity index (χ0) is 10.1. The first-order chi connectivity index (χ1) is 5.95. The van der Waals surface area contributed by atoms with Crippen LogP contribution in [-0.2, 0) is 10.1 Å². The minimum atomic E-state index is -4.73. The second-order valence-electron chi connectivity index (χ2n) is 2.12. The van der Waals surface area contributed by atoms with Gasteiger partial charge >= 0.3 is 29.6 Å². The van der Waals surface area contributed by atoms with Crippen molar-refractivity contribution in [2.45, 2.75) is 5.44 Å². The van der Waals surface area contributed by atoms with Gasteiger partial charge in [-0.3, -0.25) is 0 Å². The molecule has 9 heteroatoms. The maximum atomic E-state index is 10.4. The molecule has 0 aliphatic heterocycles. The van der Waals surface area contributed by atoms with Crippen LogP contribution < -0.4 is 34.3 Å². The van der Waals surface area contributed by atoms with Crippen molar-refractivity contribution in [2.75, 3.05) is 7.11 Å². The van der Waals surface area contributed by atoms with E-state index in [0.29, 0.717) is 11.5 Å². The normalized spacial score (nSPS) is 13.1. The molecule has 0 saturated heterocycles. The van der Waals surface area contributed by atoms with Gasteiger partial charge in [0.25, 0.3) is 0 Å². The van der Waals surface area contributed by atoms with Crippen molar-refractivity contribution >= 4 is 21.7 Å². The van der Waals surface area contributed by atoms with E-state index in [9.17, 15) is 13.0 Å². The van der Waals surface area contributed by atoms with Crippen LogP contribution in [-0.4, -0.2) is 29.6 Å². The van der Waals surface area contributed by atoms with E-state index < -0.39 is 15.6 Å². The van der Waals surface area contributed by atoms with Crippen molar-refractivity contribution in [1.29, 1.82) is 0 Å². The predicted molar refractivity (Wildman–Crippen MR) is 43.3 cm³/mol. The number of aliphatic hydroxyl groups excluding tert-OH is 1. The molecule has 0 aliphatic rings. The van der Waals surface area contributed by atoms with Gasteiger partial charge in [0, 0.05) is 6.07 Å². The van der Waals surface area contributed by atoms with E-state index in [1.807, 2.05) is 0 Å². The Morgan fingerprint density at radius 2 is 2.29 bits per heavy atom. The summed E-state index contributed by atoms with van der Waals surface area (Å²) in [5.41, 5.74) is -2.06. The first-order valence-electron chi connectivity index (χ1n) is 3.08. The molecule has 0 saturated carbocycles. The molecule has 0 aliphatic carbocycles. The standard InChI is InChI=1S/C5H7NO5S2.Na/c1-11-4-2-3(12-6-4)5(7)13(8,9)10;/h2,5,7H,1H3,(H,8,9,10);/q;+1/p-1. The third kappa shape index (κ3) is 3.46. The monoisotopic (exact) mass is 247 g/mol. The maximum absolute atomic E-state index is 10.4. The van der Waals surface area contributed by atoms with Crippen LogP contribution in [0, 0.1) is 0 Å². The van der Waals surface area contributed by atoms with Gasteiger partial charge in [0.1, 0.15) is 10.1 Å². The van der Waals surface area contributed by atoms with Crippen LogP contribution in [0.2, 0.25) is 0 Å². The predicted octanol–water partition coefficient (Wildman–Crippen LogP) is -3.31. The van der Waals surface area contributed by atoms with E-state index >= 15 is 0 Å². The largest absolute Gasteiger partial charge is 1.00 e. The Balaban J connectivity index is 0.00000169. The van der Waals surface area contributed by atoms with Gasteiger partial charge in [-0.25, -0.2) is 8.42 Å². The van der Waals surface area contributed by atoms with Gasteiger partial charge in [-0.05, 0) is 11.5 Å². The summed E-state index contributed by atoms with van der Waals surface area (Å²) in [6.07, 6.45) is 0. The summed E-state index contributed by atoms with van der Waals surface area (Å²) in [5, 5.41) is 8.98. The van der Waals surface area contributed by atoms with Gasteiger partial charge in [0.15, 0.2) is 5.44 Å². The summed E-state index contributed by atoms with van der Waals surface area (Å²) in [6, 6.07) is 1.20. The number of hydrogen-bond acceptors (Lipinski definition) is 7. The fourth-order valence-electron chi connectivity index (χ4n) is 0.627. The third-order valence-electron chi connectivity index (χ3n) is 1.23. The van der Waals surface area contributed by atoms with Crippen LogP contribution in [0.4, 0.5) is 0 Å². The quantitative estimate of drug-likeness (QED) is 0.443. The fourth-order valence-corrected chi connectivity index (χ4v) is 2.03. The molecular weight excluding hydrogens is 241 g/mol. The Kier molecular flexibility index (Phi) is 5.52. The Morgan fingerprint density at radius 3 is 2.64 bits per heavy atom. The summed E-state index contributed by atoms with van der Waals surface area (Å²) >= 11 is 0.705. The van der Waals surface area contributed by atoms with E-state index in [-0.39, 0.29) is 40.3 Å². The molecule has 14 heavy (non-hydrogen) atoms. The molecule has 0 aromatic carbocycles. The van der Waals surface area contributed by atoms with Crippen molar-refractivity contribution < 1.29 is 52.4 Å². The van der Waals surface area contributed by atoms with Gasteiger partial charge in [0.05, 0.1) is 12.0 Å². The Hall–Kier alpha value is 0.300. The molecule has 1 aromatic heterocycles. The van der Waals surface area contributed by atoms with Crippen molar-refractivity contribution in [1.82, 2.24) is 4.37 Å². The molecule has 1 aromatic rings. The molecule has 1 unspecified atom stereocenters. The van der Waals surface area contributed by atoms with Gasteiger partial charge < -0.3 is 14.4 Å². The van der Waals surface area contributed by atoms with Crippen LogP contribution in [0.25, 0.3) is 0 Å². The van der Waals surface area contributed by atoms with Crippen molar-refractivity contribution in [2.24, 2.45) is 0 Å². The average molecular weight is 247 g/mol. The summed E-state index contributed by atoms with van der Waals surface area (Å²) in [7, 11) is -3.39. The van der Waals surface area contributed by atoms with Crippen LogP contribution in [0.15, 0.2) is 6.07 Å². The van der Waals surface area contributed by atoms with E-state index in [4.69, 9.17) is 5.11 Å². The van der Waals surface area contributed by atoms with Crippen LogP contribution >= 0.6 is 11.5 Å². The van der Waals surface area contributed by atoms with Crippen molar-refractivity contribution in [3.05, 3.63) is 10.9 Å². The molecule has 1 N–H and O–H groups in total. The molecular formula is C5H6NNaO5S2. The summed E-state index contributed by atoms with van der Waals surface area (Å²) in [5.74, 6) is 0.169. The van der Waals surface area contributed by atoms with Gasteiger partial charge in [-0.2, -0.15) is 4.37 Å². The Labute approximate surface area is 107 Å². The van der Waals surface area contributed by atoms with Gasteiger partial charge in [-0.1, -0.05) is 0 Å². The van der Waals surface area contributed by atoms with Crippen molar-refractivity contribution in [3.8, 4) is 5.88 Å². The minimum absolute atomic E-state index is 0. The SMILES string of the molecule is COc1cc(C(O)S(=O)(=O)[O-])sn1.[Na+]. The van der Waals surface area contributed by atoms with Gasteiger partial charge in [0.2, 0.25) is 5.88 Å². The summed E-state index contributed by atoms with van der Waals surface area (Å²) < 4.78 is 39.4. The molecule has 0 spiro atoms. The number of aliphatic hydroxyl groups is 1. The van der Waals surface area contributed by atoms with Crippen molar-refractivity contribution in [3.63, 3.8) is 0 Å². The molecule has 6 nitrogen and oxygen atoms in total. The topological polar surface area (TPSA) is 99.5 Å². The number of hydrogen-bond donors (Lipinski definition) is 1. The number of nitrogens with zero attached hydrogens (tertiary/aromatic N) is 1. The smallest absolute Gasteiger partial charge is 0.746 e. The van der Waals surface area contributed by atoms with E-state index in [1.54, 1.807) is 0 Å². The molecule has 0 fully saturated rings. The summed E-state index contributed by atoms with van der Waals surface area (Å²) in [6.45, 7) is 0. The number of rotatable bonds is 3. The third-order valence-corrected chi connectivity index (χ3v) is 3.01. The van der Waals surface area contributed by atoms with Crippen LogP contribution in [0.5, 0.6) is 5.88 Å². The fraction of sp³-hybridized carbons (Fsp3) is 0.400. The zero-order valence-electron chi connectivity index (χ0n) is 7.50. The number of aromatic nitrogens is 1. The molecule has 0 radical (unpaired) electrons. The first kappa shape index (κ1) is 14.3. The molecule has 1 heterocycles. The Bertz CT molecular complexity index is 389. The second-order valence-corrected chi connectivity index (χ2v) is 4.39. The molecule has 0 bridgehead atoms. The van der Waals surface area contributed by atoms with Crippen LogP contribution in [0.1, 0.15) is 10.3 Å². The van der Waals surface area contributed by atoms with E-state index in [1.165, 1.54) is 13.2 Å². The molecule has 1 atom stereocenters. The van der Waals surface area contributed by atoms with E-state index in [2.05, 4.69) is 9.11 Å². The van der Waals surface area contributed by atoms with Crippen LogP contribution in [0.3, 0.4) is 0 Å². The van der Waals surface area contributed by atoms with Gasteiger partial charge in [-0.15, -0.1) is 0 Å². The van der Waals surface area contributed by atoms with E-state index in [0.717, 1.165) is 0 Å². The Morgan fingerprint density at radius 1 is 1.71 bits per heavy atom. The maximum Gasteiger partial charge on any atom is 1.00 e. The molecule has 74 valence electrons. The molecule has 1 rings (SSSR count). The summed E-state index contributed by atoms with van der Waals surface area (Å²) in [4.78, 5) is -0.0492. The second kappa shape index (κ2) is 5.40.